The summed E-state index contributed by atoms with van der Waals surface area (Å²) in [7, 11) is 1.30. The summed E-state index contributed by atoms with van der Waals surface area (Å²) in [6.45, 7) is 3.40. The summed E-state index contributed by atoms with van der Waals surface area (Å²) in [5, 5.41) is 3.00. The van der Waals surface area contributed by atoms with Gasteiger partial charge in [-0.3, -0.25) is 4.79 Å². The van der Waals surface area contributed by atoms with Crippen molar-refractivity contribution in [3.8, 4) is 5.75 Å². The Kier molecular flexibility index (Phi) is 4.18. The molecule has 1 aliphatic heterocycles. The maximum atomic E-state index is 11.8. The van der Waals surface area contributed by atoms with Gasteiger partial charge in [-0.2, -0.15) is 0 Å². The van der Waals surface area contributed by atoms with E-state index in [0.29, 0.717) is 22.9 Å². The van der Waals surface area contributed by atoms with Crippen LogP contribution in [0.4, 0.5) is 5.69 Å². The molecule has 1 aromatic rings. The molecule has 1 aliphatic rings. The SMILES string of the molecule is CCC1Cc2c(NC(C)=O)c(Cl)cc(C(=O)OC)c2O1. The molecule has 0 aromatic heterocycles. The molecule has 0 saturated carbocycles. The number of rotatable bonds is 3. The number of benzene rings is 1. The van der Waals surface area contributed by atoms with Crippen molar-refractivity contribution in [3.63, 3.8) is 0 Å². The maximum Gasteiger partial charge on any atom is 0.341 e. The lowest BCUT2D eigenvalue weighted by Crippen LogP contribution is -2.11. The van der Waals surface area contributed by atoms with Gasteiger partial charge in [0.1, 0.15) is 17.4 Å². The Labute approximate surface area is 122 Å². The van der Waals surface area contributed by atoms with Gasteiger partial charge in [0.15, 0.2) is 0 Å². The van der Waals surface area contributed by atoms with E-state index in [9.17, 15) is 9.59 Å². The summed E-state index contributed by atoms with van der Waals surface area (Å²) in [5.74, 6) is -0.272. The minimum Gasteiger partial charge on any atom is -0.489 e. The van der Waals surface area contributed by atoms with Gasteiger partial charge in [-0.1, -0.05) is 18.5 Å². The fourth-order valence-corrected chi connectivity index (χ4v) is 2.52. The lowest BCUT2D eigenvalue weighted by atomic mass is 10.0. The number of nitrogens with one attached hydrogen (secondary N) is 1. The molecule has 2 rings (SSSR count). The molecule has 1 heterocycles. The Morgan fingerprint density at radius 2 is 2.25 bits per heavy atom. The van der Waals surface area contributed by atoms with Crippen molar-refractivity contribution in [2.24, 2.45) is 0 Å². The number of carbonyl (C=O) groups excluding carboxylic acids is 2. The summed E-state index contributed by atoms with van der Waals surface area (Å²) in [6.07, 6.45) is 1.37. The van der Waals surface area contributed by atoms with Crippen molar-refractivity contribution in [3.05, 3.63) is 22.2 Å². The molecule has 0 aliphatic carbocycles. The first-order valence-corrected chi connectivity index (χ1v) is 6.73. The predicted octanol–water partition coefficient (Wildman–Crippen LogP) is 2.80. The molecule has 20 heavy (non-hydrogen) atoms. The van der Waals surface area contributed by atoms with Crippen LogP contribution < -0.4 is 10.1 Å². The highest BCUT2D eigenvalue weighted by Gasteiger charge is 2.31. The highest BCUT2D eigenvalue weighted by Crippen LogP contribution is 2.43. The third-order valence-corrected chi connectivity index (χ3v) is 3.51. The van der Waals surface area contributed by atoms with Gasteiger partial charge < -0.3 is 14.8 Å². The number of amides is 1. The number of halogens is 1. The van der Waals surface area contributed by atoms with Crippen LogP contribution in [0.5, 0.6) is 5.75 Å². The third-order valence-electron chi connectivity index (χ3n) is 3.21. The molecule has 1 aromatic carbocycles. The van der Waals surface area contributed by atoms with Crippen molar-refractivity contribution < 1.29 is 19.1 Å². The largest absolute Gasteiger partial charge is 0.489 e. The number of methoxy groups -OCH3 is 1. The van der Waals surface area contributed by atoms with E-state index in [0.717, 1.165) is 12.0 Å². The highest BCUT2D eigenvalue weighted by atomic mass is 35.5. The van der Waals surface area contributed by atoms with Gasteiger partial charge in [0.25, 0.3) is 0 Å². The quantitative estimate of drug-likeness (QED) is 0.871. The van der Waals surface area contributed by atoms with Crippen molar-refractivity contribution in [2.45, 2.75) is 32.8 Å². The number of ether oxygens (including phenoxy) is 2. The first-order valence-electron chi connectivity index (χ1n) is 6.35. The molecule has 0 spiro atoms. The van der Waals surface area contributed by atoms with E-state index in [1.54, 1.807) is 0 Å². The molecule has 1 N–H and O–H groups in total. The molecule has 1 unspecified atom stereocenters. The molecule has 0 saturated heterocycles. The van der Waals surface area contributed by atoms with Crippen LogP contribution in [0.2, 0.25) is 5.02 Å². The van der Waals surface area contributed by atoms with Crippen LogP contribution in [0.15, 0.2) is 6.07 Å². The second kappa shape index (κ2) is 5.71. The topological polar surface area (TPSA) is 64.6 Å². The van der Waals surface area contributed by atoms with E-state index in [4.69, 9.17) is 21.1 Å². The van der Waals surface area contributed by atoms with Crippen LogP contribution in [0, 0.1) is 0 Å². The number of esters is 1. The van der Waals surface area contributed by atoms with Crippen LogP contribution in [-0.4, -0.2) is 25.1 Å². The first-order chi connectivity index (χ1) is 9.47. The van der Waals surface area contributed by atoms with Gasteiger partial charge in [-0.15, -0.1) is 0 Å². The van der Waals surface area contributed by atoms with Gasteiger partial charge >= 0.3 is 5.97 Å². The van der Waals surface area contributed by atoms with Gasteiger partial charge in [0.05, 0.1) is 17.8 Å². The Morgan fingerprint density at radius 1 is 1.55 bits per heavy atom. The average molecular weight is 298 g/mol. The standard InChI is InChI=1S/C14H16ClNO4/c1-4-8-5-9-12(16-7(2)17)11(15)6-10(13(9)20-8)14(18)19-3/h6,8H,4-5H2,1-3H3,(H,16,17). The second-order valence-corrected chi connectivity index (χ2v) is 5.02. The van der Waals surface area contributed by atoms with E-state index >= 15 is 0 Å². The highest BCUT2D eigenvalue weighted by molar-refractivity contribution is 6.34. The monoisotopic (exact) mass is 297 g/mol. The molecule has 0 fully saturated rings. The molecule has 108 valence electrons. The normalized spacial score (nSPS) is 16.3. The summed E-state index contributed by atoms with van der Waals surface area (Å²) in [5.41, 5.74) is 1.55. The van der Waals surface area contributed by atoms with Crippen molar-refractivity contribution >= 4 is 29.2 Å². The van der Waals surface area contributed by atoms with Gasteiger partial charge in [-0.05, 0) is 12.5 Å². The summed E-state index contributed by atoms with van der Waals surface area (Å²) in [6, 6.07) is 1.47. The van der Waals surface area contributed by atoms with Crippen LogP contribution in [-0.2, 0) is 16.0 Å². The molecule has 0 radical (unpaired) electrons. The van der Waals surface area contributed by atoms with Crippen LogP contribution in [0.1, 0.15) is 36.2 Å². The lowest BCUT2D eigenvalue weighted by Gasteiger charge is -2.13. The Balaban J connectivity index is 2.56. The Bertz CT molecular complexity index is 571. The van der Waals surface area contributed by atoms with E-state index in [1.165, 1.54) is 20.1 Å². The Hall–Kier alpha value is -1.75. The predicted molar refractivity (Wildman–Crippen MR) is 75.5 cm³/mol. The number of carbonyl (C=O) groups is 2. The van der Waals surface area contributed by atoms with Crippen LogP contribution >= 0.6 is 11.6 Å². The fourth-order valence-electron chi connectivity index (χ4n) is 2.25. The number of anilines is 1. The second-order valence-electron chi connectivity index (χ2n) is 4.61. The number of fused-ring (bicyclic) bond motifs is 1. The first kappa shape index (κ1) is 14.7. The minimum atomic E-state index is -0.505. The van der Waals surface area contributed by atoms with Gasteiger partial charge in [0.2, 0.25) is 5.91 Å². The van der Waals surface area contributed by atoms with E-state index in [2.05, 4.69) is 5.32 Å². The maximum absolute atomic E-state index is 11.8. The average Bonchev–Trinajstić information content (AvgIpc) is 2.84. The van der Waals surface area contributed by atoms with E-state index in [1.807, 2.05) is 6.92 Å². The molecule has 6 heteroatoms. The summed E-state index contributed by atoms with van der Waals surface area (Å²) < 4.78 is 10.5. The van der Waals surface area contributed by atoms with Crippen molar-refractivity contribution in [1.82, 2.24) is 0 Å². The van der Waals surface area contributed by atoms with Crippen LogP contribution in [0.25, 0.3) is 0 Å². The van der Waals surface area contributed by atoms with Gasteiger partial charge in [-0.25, -0.2) is 4.79 Å². The molecule has 0 bridgehead atoms. The minimum absolute atomic E-state index is 0.0284. The van der Waals surface area contributed by atoms with Crippen molar-refractivity contribution in [2.75, 3.05) is 12.4 Å². The fraction of sp³-hybridized carbons (Fsp3) is 0.429. The van der Waals surface area contributed by atoms with Crippen molar-refractivity contribution in [1.29, 1.82) is 0 Å². The smallest absolute Gasteiger partial charge is 0.341 e. The zero-order chi connectivity index (χ0) is 14.9. The third kappa shape index (κ3) is 2.58. The van der Waals surface area contributed by atoms with E-state index in [-0.39, 0.29) is 17.6 Å². The molecular weight excluding hydrogens is 282 g/mol. The molecule has 1 atom stereocenters. The lowest BCUT2D eigenvalue weighted by molar-refractivity contribution is -0.114. The van der Waals surface area contributed by atoms with Crippen LogP contribution in [0.3, 0.4) is 0 Å². The summed E-state index contributed by atoms with van der Waals surface area (Å²) in [4.78, 5) is 23.1. The molecule has 5 nitrogen and oxygen atoms in total. The zero-order valence-corrected chi connectivity index (χ0v) is 12.3. The molecular formula is C14H16ClNO4. The number of hydrogen-bond acceptors (Lipinski definition) is 4. The zero-order valence-electron chi connectivity index (χ0n) is 11.6. The summed E-state index contributed by atoms with van der Waals surface area (Å²) >= 11 is 6.17. The van der Waals surface area contributed by atoms with E-state index < -0.39 is 5.97 Å². The molecule has 1 amide bonds. The number of hydrogen-bond donors (Lipinski definition) is 1. The van der Waals surface area contributed by atoms with Gasteiger partial charge in [0, 0.05) is 18.9 Å². The Morgan fingerprint density at radius 3 is 2.80 bits per heavy atom.